The zero-order valence-corrected chi connectivity index (χ0v) is 52.4. The molecule has 17 aromatic rings. The minimum Gasteiger partial charge on any atom is -0.310 e. The minimum absolute atomic E-state index is 0.775. The first-order valence-electron chi connectivity index (χ1n) is 32.5. The van der Waals surface area contributed by atoms with Crippen molar-refractivity contribution in [2.75, 3.05) is 19.6 Å². The highest BCUT2D eigenvalue weighted by Gasteiger charge is 2.26. The molecule has 0 fully saturated rings. The zero-order chi connectivity index (χ0) is 63.7. The molecule has 0 aliphatic heterocycles. The lowest BCUT2D eigenvalue weighted by Crippen LogP contribution is -2.09. The van der Waals surface area contributed by atoms with Gasteiger partial charge in [-0.2, -0.15) is 0 Å². The maximum atomic E-state index is 5.71. The lowest BCUT2D eigenvalue weighted by atomic mass is 10.0. The van der Waals surface area contributed by atoms with E-state index in [0.29, 0.717) is 0 Å². The van der Waals surface area contributed by atoms with Crippen LogP contribution in [0.4, 0.5) is 68.2 Å². The molecule has 0 unspecified atom stereocenters. The molecule has 0 bridgehead atoms. The number of fused-ring (bicyclic) bond motifs is 6. The number of pyridine rings is 2. The summed E-state index contributed by atoms with van der Waals surface area (Å²) in [5.41, 5.74) is 21.6. The van der Waals surface area contributed by atoms with Crippen molar-refractivity contribution in [1.82, 2.24) is 19.1 Å². The van der Waals surface area contributed by atoms with Crippen LogP contribution in [0.25, 0.3) is 77.5 Å². The molecular formula is C88H62N8. The molecule has 0 spiro atoms. The van der Waals surface area contributed by atoms with Crippen LogP contribution in [-0.2, 0) is 0 Å². The molecule has 8 nitrogen and oxygen atoms in total. The maximum absolute atomic E-state index is 5.71. The van der Waals surface area contributed by atoms with Gasteiger partial charge < -0.3 is 24.2 Å². The van der Waals surface area contributed by atoms with Crippen LogP contribution in [-0.4, -0.2) is 19.1 Å². The van der Waals surface area contributed by atoms with E-state index in [1.807, 2.05) is 12.3 Å². The Hall–Kier alpha value is -13.0. The first-order valence-corrected chi connectivity index (χ1v) is 32.5. The van der Waals surface area contributed by atoms with E-state index in [2.05, 4.69) is 393 Å². The fraction of sp³-hybridized carbons (Fsp3) is 0. The van der Waals surface area contributed by atoms with Crippen molar-refractivity contribution in [3.63, 3.8) is 0 Å². The van der Waals surface area contributed by atoms with E-state index in [-0.39, 0.29) is 0 Å². The van der Waals surface area contributed by atoms with Gasteiger partial charge in [0.25, 0.3) is 0 Å². The van der Waals surface area contributed by atoms with Gasteiger partial charge in [0.05, 0.1) is 39.6 Å². The average molecular weight is 1230 g/mol. The fourth-order valence-corrected chi connectivity index (χ4v) is 13.8. The number of para-hydroxylation sites is 8. The Bertz CT molecular complexity index is 5140. The van der Waals surface area contributed by atoms with Crippen molar-refractivity contribution in [1.29, 1.82) is 0 Å². The molecule has 0 radical (unpaired) electrons. The Balaban J connectivity index is 0.926. The molecule has 96 heavy (non-hydrogen) atoms. The standard InChI is InChI=1S/C88H62N8/c1-9-30-65(31-10-1)91(66-32-11-2-12-33-66)73-47-51-83-78(57-73)79-58-74(92(67-34-13-3-14-35-67)68-36-15-4-16-37-68)48-52-84(79)95(83)87-62-90-88(61-77(87)63-28-27-29-64(56-63)82-46-25-26-55-89-82)96-85-53-49-75(93(69-38-17-5-18-39-69)70-40-19-6-20-41-70)59-80(85)81-60-76(50-54-86(81)96)94(71-42-21-7-22-43-71)72-44-23-8-24-45-72/h1-62H. The van der Waals surface area contributed by atoms with Gasteiger partial charge in [0.15, 0.2) is 0 Å². The molecular weight excluding hydrogens is 1170 g/mol. The van der Waals surface area contributed by atoms with Crippen LogP contribution >= 0.6 is 0 Å². The Morgan fingerprint density at radius 1 is 0.219 bits per heavy atom. The van der Waals surface area contributed by atoms with E-state index >= 15 is 0 Å². The van der Waals surface area contributed by atoms with E-state index in [4.69, 9.17) is 9.97 Å². The molecule has 13 aromatic carbocycles. The van der Waals surface area contributed by atoms with Crippen LogP contribution in [0.15, 0.2) is 376 Å². The molecule has 0 aliphatic rings. The monoisotopic (exact) mass is 1230 g/mol. The van der Waals surface area contributed by atoms with E-state index in [0.717, 1.165) is 146 Å². The van der Waals surface area contributed by atoms with E-state index in [9.17, 15) is 0 Å². The first-order chi connectivity index (χ1) is 47.6. The second-order valence-corrected chi connectivity index (χ2v) is 23.9. The third kappa shape index (κ3) is 10.5. The zero-order valence-electron chi connectivity index (χ0n) is 52.4. The number of benzene rings is 13. The van der Waals surface area contributed by atoms with Crippen LogP contribution < -0.4 is 19.6 Å². The van der Waals surface area contributed by atoms with E-state index in [1.165, 1.54) is 0 Å². The van der Waals surface area contributed by atoms with Crippen molar-refractivity contribution in [3.8, 4) is 33.9 Å². The average Bonchev–Trinajstić information content (AvgIpc) is 1.57. The second kappa shape index (κ2) is 24.9. The van der Waals surface area contributed by atoms with Gasteiger partial charge in [-0.15, -0.1) is 0 Å². The summed E-state index contributed by atoms with van der Waals surface area (Å²) in [4.78, 5) is 19.9. The Morgan fingerprint density at radius 3 is 0.833 bits per heavy atom. The van der Waals surface area contributed by atoms with Crippen LogP contribution in [0.3, 0.4) is 0 Å². The molecule has 8 heteroatoms. The van der Waals surface area contributed by atoms with Crippen LogP contribution in [0, 0.1) is 0 Å². The first kappa shape index (κ1) is 56.9. The summed E-state index contributed by atoms with van der Waals surface area (Å²) >= 11 is 0. The summed E-state index contributed by atoms with van der Waals surface area (Å²) in [5.74, 6) is 0.775. The predicted octanol–water partition coefficient (Wildman–Crippen LogP) is 23.9. The lowest BCUT2D eigenvalue weighted by Gasteiger charge is -2.26. The van der Waals surface area contributed by atoms with Gasteiger partial charge in [-0.3, -0.25) is 9.55 Å². The van der Waals surface area contributed by atoms with Gasteiger partial charge in [-0.25, -0.2) is 4.98 Å². The van der Waals surface area contributed by atoms with E-state index < -0.39 is 0 Å². The normalized spacial score (nSPS) is 11.3. The summed E-state index contributed by atoms with van der Waals surface area (Å²) in [7, 11) is 0. The molecule has 0 amide bonds. The summed E-state index contributed by atoms with van der Waals surface area (Å²) in [6.45, 7) is 0. The maximum Gasteiger partial charge on any atom is 0.138 e. The number of nitrogens with zero attached hydrogens (tertiary/aromatic N) is 8. The van der Waals surface area contributed by atoms with Crippen LogP contribution in [0.2, 0.25) is 0 Å². The van der Waals surface area contributed by atoms with Crippen LogP contribution in [0.1, 0.15) is 0 Å². The minimum atomic E-state index is 0.775. The highest BCUT2D eigenvalue weighted by Crippen LogP contribution is 2.47. The van der Waals surface area contributed by atoms with Gasteiger partial charge in [-0.1, -0.05) is 170 Å². The smallest absolute Gasteiger partial charge is 0.138 e. The summed E-state index contributed by atoms with van der Waals surface area (Å²) in [5, 5.41) is 4.35. The molecule has 4 heterocycles. The van der Waals surface area contributed by atoms with Gasteiger partial charge in [0, 0.05) is 107 Å². The number of anilines is 12. The van der Waals surface area contributed by atoms with Gasteiger partial charge >= 0.3 is 0 Å². The lowest BCUT2D eigenvalue weighted by molar-refractivity contribution is 1.06. The quantitative estimate of drug-likeness (QED) is 0.0961. The molecule has 0 aliphatic carbocycles. The predicted molar refractivity (Wildman–Crippen MR) is 400 cm³/mol. The van der Waals surface area contributed by atoms with Crippen molar-refractivity contribution < 1.29 is 0 Å². The molecule has 454 valence electrons. The van der Waals surface area contributed by atoms with Gasteiger partial charge in [-0.05, 0) is 200 Å². The molecule has 17 rings (SSSR count). The molecule has 0 saturated carbocycles. The van der Waals surface area contributed by atoms with Crippen molar-refractivity contribution in [3.05, 3.63) is 376 Å². The number of hydrogen-bond donors (Lipinski definition) is 0. The van der Waals surface area contributed by atoms with Gasteiger partial charge in [0.1, 0.15) is 5.82 Å². The molecule has 4 aromatic heterocycles. The fourth-order valence-electron chi connectivity index (χ4n) is 13.8. The topological polar surface area (TPSA) is 48.6 Å². The highest BCUT2D eigenvalue weighted by atomic mass is 15.2. The molecule has 0 atom stereocenters. The summed E-state index contributed by atoms with van der Waals surface area (Å²) < 4.78 is 4.78. The number of aromatic nitrogens is 4. The second-order valence-electron chi connectivity index (χ2n) is 23.9. The number of hydrogen-bond acceptors (Lipinski definition) is 6. The van der Waals surface area contributed by atoms with Gasteiger partial charge in [0.2, 0.25) is 0 Å². The Morgan fingerprint density at radius 2 is 0.521 bits per heavy atom. The van der Waals surface area contributed by atoms with Crippen LogP contribution in [0.5, 0.6) is 0 Å². The highest BCUT2D eigenvalue weighted by molar-refractivity contribution is 6.14. The molecule has 0 saturated heterocycles. The van der Waals surface area contributed by atoms with E-state index in [1.54, 1.807) is 0 Å². The Labute approximate surface area is 557 Å². The number of rotatable bonds is 16. The van der Waals surface area contributed by atoms with Crippen molar-refractivity contribution >= 4 is 112 Å². The van der Waals surface area contributed by atoms with Crippen molar-refractivity contribution in [2.45, 2.75) is 0 Å². The summed E-state index contributed by atoms with van der Waals surface area (Å²) in [6.07, 6.45) is 3.96. The summed E-state index contributed by atoms with van der Waals surface area (Å²) in [6, 6.07) is 130. The molecule has 0 N–H and O–H groups in total. The largest absolute Gasteiger partial charge is 0.310 e. The Kier molecular flexibility index (Phi) is 14.7. The van der Waals surface area contributed by atoms with Crippen molar-refractivity contribution in [2.24, 2.45) is 0 Å². The third-order valence-electron chi connectivity index (χ3n) is 18.1. The SMILES string of the molecule is c1ccc(N(c2ccccc2)c2ccc3c(c2)c2cc(N(c4ccccc4)c4ccccc4)ccc2n3-c2cc(-c3cccc(-c4ccccn4)c3)c(-n3c4ccc(N(c5ccccc5)c5ccccc5)cc4c4cc(N(c5ccccc5)c5ccccc5)ccc43)cn2)cc1. The third-order valence-corrected chi connectivity index (χ3v) is 18.1.